The molecule has 0 aromatic heterocycles. The Bertz CT molecular complexity index is 718. The molecule has 0 amide bonds. The first-order chi connectivity index (χ1) is 11.3. The molecule has 0 aliphatic heterocycles. The summed E-state index contributed by atoms with van der Waals surface area (Å²) in [7, 11) is 0. The van der Waals surface area contributed by atoms with Crippen LogP contribution in [0.1, 0.15) is 59.2 Å². The van der Waals surface area contributed by atoms with Gasteiger partial charge in [0.15, 0.2) is 0 Å². The fourth-order valence-electron chi connectivity index (χ4n) is 4.53. The fourth-order valence-corrected chi connectivity index (χ4v) is 5.30. The van der Waals surface area contributed by atoms with E-state index >= 15 is 0 Å². The van der Waals surface area contributed by atoms with E-state index in [1.54, 1.807) is 11.1 Å². The maximum absolute atomic E-state index is 2.52. The SMILES string of the molecule is CC(C)CC1(CC(C)C)c2ccccc2-c2ccc(C(I)I)cc21. The van der Waals surface area contributed by atoms with Crippen LogP contribution >= 0.6 is 45.2 Å². The molecule has 0 saturated heterocycles. The van der Waals surface area contributed by atoms with Gasteiger partial charge in [-0.05, 0) is 52.5 Å². The molecule has 0 nitrogen and oxygen atoms in total. The molecule has 0 heterocycles. The molecule has 0 bridgehead atoms. The lowest BCUT2D eigenvalue weighted by atomic mass is 9.68. The van der Waals surface area contributed by atoms with Crippen molar-refractivity contribution in [1.29, 1.82) is 0 Å². The van der Waals surface area contributed by atoms with Gasteiger partial charge in [0.1, 0.15) is 0 Å². The van der Waals surface area contributed by atoms with Gasteiger partial charge >= 0.3 is 0 Å². The van der Waals surface area contributed by atoms with Crippen molar-refractivity contribution in [1.82, 2.24) is 0 Å². The van der Waals surface area contributed by atoms with Gasteiger partial charge in [0.05, 0.1) is 1.93 Å². The summed E-state index contributed by atoms with van der Waals surface area (Å²) in [4.78, 5) is 0. The van der Waals surface area contributed by atoms with Crippen LogP contribution in [0.4, 0.5) is 0 Å². The highest BCUT2D eigenvalue weighted by Crippen LogP contribution is 2.55. The molecule has 2 aromatic carbocycles. The van der Waals surface area contributed by atoms with Crippen molar-refractivity contribution < 1.29 is 0 Å². The van der Waals surface area contributed by atoms with Gasteiger partial charge in [0.2, 0.25) is 0 Å². The molecule has 2 heteroatoms. The predicted octanol–water partition coefficient (Wildman–Crippen LogP) is 7.91. The van der Waals surface area contributed by atoms with Crippen LogP contribution in [0.3, 0.4) is 0 Å². The monoisotopic (exact) mass is 544 g/mol. The second-order valence-corrected chi connectivity index (χ2v) is 12.8. The summed E-state index contributed by atoms with van der Waals surface area (Å²) in [5.74, 6) is 1.36. The lowest BCUT2D eigenvalue weighted by molar-refractivity contribution is 0.337. The van der Waals surface area contributed by atoms with E-state index in [4.69, 9.17) is 0 Å². The molecular weight excluding hydrogens is 518 g/mol. The molecule has 1 aliphatic carbocycles. The van der Waals surface area contributed by atoms with Gasteiger partial charge in [-0.15, -0.1) is 0 Å². The minimum absolute atomic E-state index is 0.173. The van der Waals surface area contributed by atoms with E-state index in [-0.39, 0.29) is 5.41 Å². The summed E-state index contributed by atoms with van der Waals surface area (Å²) in [6.07, 6.45) is 2.46. The van der Waals surface area contributed by atoms with Crippen molar-refractivity contribution in [3.63, 3.8) is 0 Å². The Labute approximate surface area is 174 Å². The maximum Gasteiger partial charge on any atom is 0.0875 e. The molecule has 24 heavy (non-hydrogen) atoms. The molecule has 3 rings (SSSR count). The standard InChI is InChI=1S/C22H26I2/c1-14(2)12-22(13-15(3)4)19-8-6-5-7-17(19)18-10-9-16(21(23)24)11-20(18)22/h5-11,14-15,21H,12-13H2,1-4H3. The molecule has 0 atom stereocenters. The minimum Gasteiger partial charge on any atom is -0.0657 e. The number of hydrogen-bond donors (Lipinski definition) is 0. The van der Waals surface area contributed by atoms with Gasteiger partial charge in [-0.3, -0.25) is 0 Å². The second-order valence-electron chi connectivity index (χ2n) is 7.93. The average molecular weight is 544 g/mol. The van der Waals surface area contributed by atoms with Gasteiger partial charge < -0.3 is 0 Å². The van der Waals surface area contributed by atoms with Gasteiger partial charge in [-0.1, -0.05) is 115 Å². The molecule has 1 aliphatic rings. The first-order valence-electron chi connectivity index (χ1n) is 8.87. The Morgan fingerprint density at radius 2 is 1.38 bits per heavy atom. The molecule has 0 spiro atoms. The Hall–Kier alpha value is -0.1000. The topological polar surface area (TPSA) is 0 Å². The van der Waals surface area contributed by atoms with Gasteiger partial charge in [-0.25, -0.2) is 0 Å². The van der Waals surface area contributed by atoms with E-state index in [2.05, 4.69) is 115 Å². The molecule has 0 saturated carbocycles. The number of hydrogen-bond acceptors (Lipinski definition) is 0. The second kappa shape index (κ2) is 7.26. The largest absolute Gasteiger partial charge is 0.0875 e. The number of alkyl halides is 2. The lowest BCUT2D eigenvalue weighted by Crippen LogP contribution is -2.29. The number of fused-ring (bicyclic) bond motifs is 3. The maximum atomic E-state index is 2.52. The Kier molecular flexibility index (Phi) is 5.65. The third kappa shape index (κ3) is 3.29. The normalized spacial score (nSPS) is 15.2. The highest BCUT2D eigenvalue weighted by atomic mass is 127. The molecule has 0 N–H and O–H groups in total. The third-order valence-electron chi connectivity index (χ3n) is 5.06. The quantitative estimate of drug-likeness (QED) is 0.265. The Balaban J connectivity index is 2.28. The van der Waals surface area contributed by atoms with Crippen molar-refractivity contribution in [3.8, 4) is 11.1 Å². The summed E-state index contributed by atoms with van der Waals surface area (Å²) < 4.78 is 0.519. The smallest absolute Gasteiger partial charge is 0.0657 e. The summed E-state index contributed by atoms with van der Waals surface area (Å²) in [6.45, 7) is 9.47. The fraction of sp³-hybridized carbons (Fsp3) is 0.455. The van der Waals surface area contributed by atoms with Gasteiger partial charge in [0, 0.05) is 5.41 Å². The van der Waals surface area contributed by atoms with Gasteiger partial charge in [0.25, 0.3) is 0 Å². The first-order valence-corrected chi connectivity index (χ1v) is 11.4. The van der Waals surface area contributed by atoms with Crippen LogP contribution in [0.15, 0.2) is 42.5 Å². The van der Waals surface area contributed by atoms with E-state index in [0.717, 1.165) is 0 Å². The van der Waals surface area contributed by atoms with Crippen molar-refractivity contribution in [2.24, 2.45) is 11.8 Å². The zero-order valence-electron chi connectivity index (χ0n) is 14.9. The first kappa shape index (κ1) is 18.7. The van der Waals surface area contributed by atoms with Crippen LogP contribution in [-0.2, 0) is 5.41 Å². The van der Waals surface area contributed by atoms with Crippen LogP contribution in [-0.4, -0.2) is 0 Å². The van der Waals surface area contributed by atoms with Crippen LogP contribution < -0.4 is 0 Å². The van der Waals surface area contributed by atoms with E-state index in [0.29, 0.717) is 13.8 Å². The van der Waals surface area contributed by atoms with Gasteiger partial charge in [-0.2, -0.15) is 0 Å². The molecule has 2 aromatic rings. The van der Waals surface area contributed by atoms with Crippen LogP contribution in [0.2, 0.25) is 0 Å². The number of halogens is 2. The number of rotatable bonds is 5. The van der Waals surface area contributed by atoms with E-state index in [9.17, 15) is 0 Å². The predicted molar refractivity (Wildman–Crippen MR) is 122 cm³/mol. The highest BCUT2D eigenvalue weighted by Gasteiger charge is 2.43. The van der Waals surface area contributed by atoms with Crippen molar-refractivity contribution in [3.05, 3.63) is 59.2 Å². The summed E-state index contributed by atoms with van der Waals surface area (Å²) in [5, 5.41) is 0. The summed E-state index contributed by atoms with van der Waals surface area (Å²) in [5.41, 5.74) is 7.66. The molecule has 128 valence electrons. The van der Waals surface area contributed by atoms with Crippen molar-refractivity contribution in [2.45, 2.75) is 47.9 Å². The average Bonchev–Trinajstić information content (AvgIpc) is 2.76. The molecule has 0 radical (unpaired) electrons. The zero-order chi connectivity index (χ0) is 17.5. The van der Waals surface area contributed by atoms with Crippen LogP contribution in [0.5, 0.6) is 0 Å². The summed E-state index contributed by atoms with van der Waals surface area (Å²) in [6, 6.07) is 16.3. The molecular formula is C22H26I2. The molecule has 0 unspecified atom stereocenters. The highest BCUT2D eigenvalue weighted by molar-refractivity contribution is 14.2. The Morgan fingerprint density at radius 1 is 0.792 bits per heavy atom. The van der Waals surface area contributed by atoms with E-state index < -0.39 is 0 Å². The third-order valence-corrected chi connectivity index (χ3v) is 6.50. The minimum atomic E-state index is 0.173. The number of benzene rings is 2. The van der Waals surface area contributed by atoms with Crippen molar-refractivity contribution in [2.75, 3.05) is 0 Å². The van der Waals surface area contributed by atoms with Crippen LogP contribution in [0.25, 0.3) is 11.1 Å². The van der Waals surface area contributed by atoms with E-state index in [1.807, 2.05) is 0 Å². The Morgan fingerprint density at radius 3 is 1.96 bits per heavy atom. The van der Waals surface area contributed by atoms with Crippen molar-refractivity contribution >= 4 is 45.2 Å². The lowest BCUT2D eigenvalue weighted by Gasteiger charge is -2.36. The zero-order valence-corrected chi connectivity index (χ0v) is 19.3. The van der Waals surface area contributed by atoms with Crippen LogP contribution in [0, 0.1) is 11.8 Å². The summed E-state index contributed by atoms with van der Waals surface area (Å²) >= 11 is 5.05. The van der Waals surface area contributed by atoms with E-state index in [1.165, 1.54) is 29.5 Å². The molecule has 0 fully saturated rings.